The molecule has 1 aromatic carbocycles. The van der Waals surface area contributed by atoms with Gasteiger partial charge in [-0.3, -0.25) is 5.32 Å². The molecule has 1 aromatic rings. The Morgan fingerprint density at radius 3 is 2.94 bits per heavy atom. The molecule has 4 nitrogen and oxygen atoms in total. The lowest BCUT2D eigenvalue weighted by atomic mass is 10.2. The summed E-state index contributed by atoms with van der Waals surface area (Å²) < 4.78 is 5.12. The zero-order valence-corrected chi connectivity index (χ0v) is 9.11. The van der Waals surface area contributed by atoms with E-state index in [4.69, 9.17) is 4.74 Å². The third kappa shape index (κ3) is 3.24. The second kappa shape index (κ2) is 5.51. The van der Waals surface area contributed by atoms with Crippen molar-refractivity contribution in [2.24, 2.45) is 0 Å². The van der Waals surface area contributed by atoms with Crippen LogP contribution in [-0.4, -0.2) is 25.3 Å². The fraction of sp³-hybridized carbons (Fsp3) is 0.417. The van der Waals surface area contributed by atoms with E-state index >= 15 is 0 Å². The molecule has 1 aliphatic heterocycles. The molecule has 1 atom stereocenters. The second-order valence-corrected chi connectivity index (χ2v) is 3.88. The first-order chi connectivity index (χ1) is 7.84. The summed E-state index contributed by atoms with van der Waals surface area (Å²) in [6, 6.07) is 9.62. The van der Waals surface area contributed by atoms with E-state index in [1.807, 2.05) is 30.3 Å². The van der Waals surface area contributed by atoms with E-state index in [-0.39, 0.29) is 6.09 Å². The van der Waals surface area contributed by atoms with Gasteiger partial charge in [-0.25, -0.2) is 4.79 Å². The molecule has 2 N–H and O–H groups in total. The molecular weight excluding hydrogens is 204 g/mol. The standard InChI is InChI=1S/C12H16N2O2/c15-12(14-10-5-2-1-3-6-10)16-9-11-7-4-8-13-11/h1-3,5-6,11,13H,4,7-9H2,(H,14,15). The predicted octanol–water partition coefficient (Wildman–Crippen LogP) is 1.99. The monoisotopic (exact) mass is 220 g/mol. The van der Waals surface area contributed by atoms with Crippen molar-refractivity contribution in [2.75, 3.05) is 18.5 Å². The van der Waals surface area contributed by atoms with Crippen LogP contribution >= 0.6 is 0 Å². The van der Waals surface area contributed by atoms with Gasteiger partial charge in [0.15, 0.2) is 0 Å². The van der Waals surface area contributed by atoms with Crippen molar-refractivity contribution in [1.82, 2.24) is 5.32 Å². The van der Waals surface area contributed by atoms with Gasteiger partial charge in [0.05, 0.1) is 0 Å². The van der Waals surface area contributed by atoms with E-state index in [0.717, 1.165) is 25.1 Å². The summed E-state index contributed by atoms with van der Waals surface area (Å²) in [7, 11) is 0. The Labute approximate surface area is 95.0 Å². The van der Waals surface area contributed by atoms with E-state index < -0.39 is 0 Å². The highest BCUT2D eigenvalue weighted by molar-refractivity contribution is 5.84. The number of hydrogen-bond acceptors (Lipinski definition) is 3. The second-order valence-electron chi connectivity index (χ2n) is 3.88. The third-order valence-electron chi connectivity index (χ3n) is 2.60. The number of benzene rings is 1. The lowest BCUT2D eigenvalue weighted by Gasteiger charge is -2.11. The van der Waals surface area contributed by atoms with Crippen molar-refractivity contribution in [3.8, 4) is 0 Å². The molecule has 1 unspecified atom stereocenters. The fourth-order valence-corrected chi connectivity index (χ4v) is 1.75. The molecule has 0 radical (unpaired) electrons. The van der Waals surface area contributed by atoms with Crippen molar-refractivity contribution >= 4 is 11.8 Å². The van der Waals surface area contributed by atoms with Crippen molar-refractivity contribution in [3.05, 3.63) is 30.3 Å². The minimum absolute atomic E-state index is 0.321. The van der Waals surface area contributed by atoms with Crippen LogP contribution in [0.15, 0.2) is 30.3 Å². The van der Waals surface area contributed by atoms with Gasteiger partial charge < -0.3 is 10.1 Å². The van der Waals surface area contributed by atoms with Gasteiger partial charge in [0.1, 0.15) is 6.61 Å². The van der Waals surface area contributed by atoms with Gasteiger partial charge in [-0.05, 0) is 31.5 Å². The molecular formula is C12H16N2O2. The third-order valence-corrected chi connectivity index (χ3v) is 2.60. The van der Waals surface area contributed by atoms with E-state index in [1.165, 1.54) is 0 Å². The number of para-hydroxylation sites is 1. The normalized spacial score (nSPS) is 19.4. The zero-order chi connectivity index (χ0) is 11.2. The van der Waals surface area contributed by atoms with Crippen LogP contribution < -0.4 is 10.6 Å². The summed E-state index contributed by atoms with van der Waals surface area (Å²) >= 11 is 0. The molecule has 1 aliphatic rings. The van der Waals surface area contributed by atoms with Crippen molar-refractivity contribution < 1.29 is 9.53 Å². The Kier molecular flexibility index (Phi) is 3.77. The zero-order valence-electron chi connectivity index (χ0n) is 9.11. The van der Waals surface area contributed by atoms with Crippen LogP contribution in [0, 0.1) is 0 Å². The lowest BCUT2D eigenvalue weighted by Crippen LogP contribution is -2.29. The summed E-state index contributed by atoms with van der Waals surface area (Å²) in [5.41, 5.74) is 0.756. The Bertz CT molecular complexity index is 334. The topological polar surface area (TPSA) is 50.4 Å². The minimum atomic E-state index is -0.389. The highest BCUT2D eigenvalue weighted by Crippen LogP contribution is 2.07. The number of carbonyl (C=O) groups is 1. The molecule has 1 heterocycles. The largest absolute Gasteiger partial charge is 0.448 e. The van der Waals surface area contributed by atoms with Gasteiger partial charge in [0.25, 0.3) is 0 Å². The molecule has 0 bridgehead atoms. The van der Waals surface area contributed by atoms with Crippen molar-refractivity contribution in [1.29, 1.82) is 0 Å². The number of nitrogens with one attached hydrogen (secondary N) is 2. The predicted molar refractivity (Wildman–Crippen MR) is 62.4 cm³/mol. The Morgan fingerprint density at radius 1 is 1.44 bits per heavy atom. The van der Waals surface area contributed by atoms with Gasteiger partial charge in [0.2, 0.25) is 0 Å². The van der Waals surface area contributed by atoms with Gasteiger partial charge in [0, 0.05) is 11.7 Å². The maximum atomic E-state index is 11.4. The van der Waals surface area contributed by atoms with E-state index in [2.05, 4.69) is 10.6 Å². The first kappa shape index (κ1) is 11.0. The van der Waals surface area contributed by atoms with Crippen LogP contribution in [0.2, 0.25) is 0 Å². The van der Waals surface area contributed by atoms with Crippen LogP contribution in [0.25, 0.3) is 0 Å². The number of carbonyl (C=O) groups excluding carboxylic acids is 1. The minimum Gasteiger partial charge on any atom is -0.448 e. The summed E-state index contributed by atoms with van der Waals surface area (Å²) in [6.07, 6.45) is 1.85. The van der Waals surface area contributed by atoms with Gasteiger partial charge >= 0.3 is 6.09 Å². The molecule has 0 spiro atoms. The molecule has 16 heavy (non-hydrogen) atoms. The van der Waals surface area contributed by atoms with Crippen molar-refractivity contribution in [2.45, 2.75) is 18.9 Å². The SMILES string of the molecule is O=C(Nc1ccccc1)OCC1CCCN1. The van der Waals surface area contributed by atoms with Crippen LogP contribution in [0.3, 0.4) is 0 Å². The summed E-state index contributed by atoms with van der Waals surface area (Å²) in [5.74, 6) is 0. The first-order valence-electron chi connectivity index (χ1n) is 5.57. The quantitative estimate of drug-likeness (QED) is 0.819. The molecule has 0 aliphatic carbocycles. The number of hydrogen-bond donors (Lipinski definition) is 2. The molecule has 0 aromatic heterocycles. The molecule has 86 valence electrons. The smallest absolute Gasteiger partial charge is 0.411 e. The average molecular weight is 220 g/mol. The first-order valence-corrected chi connectivity index (χ1v) is 5.57. The average Bonchev–Trinajstić information content (AvgIpc) is 2.81. The van der Waals surface area contributed by atoms with Gasteiger partial charge in [-0.1, -0.05) is 18.2 Å². The van der Waals surface area contributed by atoms with Crippen LogP contribution in [0.4, 0.5) is 10.5 Å². The van der Waals surface area contributed by atoms with Crippen LogP contribution in [-0.2, 0) is 4.74 Å². The Morgan fingerprint density at radius 2 is 2.25 bits per heavy atom. The van der Waals surface area contributed by atoms with Crippen molar-refractivity contribution in [3.63, 3.8) is 0 Å². The maximum absolute atomic E-state index is 11.4. The fourth-order valence-electron chi connectivity index (χ4n) is 1.75. The molecule has 1 amide bonds. The molecule has 1 fully saturated rings. The van der Waals surface area contributed by atoms with Crippen LogP contribution in [0.1, 0.15) is 12.8 Å². The molecule has 2 rings (SSSR count). The molecule has 0 saturated carbocycles. The summed E-state index contributed by atoms with van der Waals surface area (Å²) in [5, 5.41) is 5.95. The molecule has 4 heteroatoms. The molecule has 1 saturated heterocycles. The number of ether oxygens (including phenoxy) is 1. The number of anilines is 1. The van der Waals surface area contributed by atoms with Gasteiger partial charge in [-0.2, -0.15) is 0 Å². The number of rotatable bonds is 3. The van der Waals surface area contributed by atoms with E-state index in [9.17, 15) is 4.79 Å². The van der Waals surface area contributed by atoms with E-state index in [1.54, 1.807) is 0 Å². The summed E-state index contributed by atoms with van der Waals surface area (Å²) in [4.78, 5) is 11.4. The summed E-state index contributed by atoms with van der Waals surface area (Å²) in [6.45, 7) is 1.47. The lowest BCUT2D eigenvalue weighted by molar-refractivity contribution is 0.151. The van der Waals surface area contributed by atoms with Crippen LogP contribution in [0.5, 0.6) is 0 Å². The highest BCUT2D eigenvalue weighted by Gasteiger charge is 2.15. The Hall–Kier alpha value is -1.55. The number of amides is 1. The van der Waals surface area contributed by atoms with E-state index in [0.29, 0.717) is 12.6 Å². The Balaban J connectivity index is 1.72. The van der Waals surface area contributed by atoms with Gasteiger partial charge in [-0.15, -0.1) is 0 Å². The highest BCUT2D eigenvalue weighted by atomic mass is 16.5. The maximum Gasteiger partial charge on any atom is 0.411 e.